The van der Waals surface area contributed by atoms with E-state index in [0.29, 0.717) is 24.9 Å². The third-order valence-corrected chi connectivity index (χ3v) is 4.58. The van der Waals surface area contributed by atoms with Crippen molar-refractivity contribution in [1.82, 2.24) is 4.31 Å². The molecule has 0 atom stereocenters. The molecule has 0 heterocycles. The van der Waals surface area contributed by atoms with Crippen molar-refractivity contribution >= 4 is 10.0 Å². The summed E-state index contributed by atoms with van der Waals surface area (Å²) >= 11 is 0. The monoisotopic (exact) mass is 264 g/mol. The van der Waals surface area contributed by atoms with Gasteiger partial charge in [-0.15, -0.1) is 0 Å². The second-order valence-corrected chi connectivity index (χ2v) is 7.46. The zero-order valence-electron chi connectivity index (χ0n) is 11.6. The molecule has 0 aromatic carbocycles. The number of nitrogens with two attached hydrogens (primary N) is 1. The van der Waals surface area contributed by atoms with E-state index in [0.717, 1.165) is 12.8 Å². The minimum absolute atomic E-state index is 0.0587. The molecule has 0 saturated heterocycles. The zero-order valence-corrected chi connectivity index (χ0v) is 12.5. The van der Waals surface area contributed by atoms with Crippen molar-refractivity contribution in [3.05, 3.63) is 0 Å². The summed E-state index contributed by atoms with van der Waals surface area (Å²) in [6.07, 6.45) is 1.81. The van der Waals surface area contributed by atoms with Gasteiger partial charge in [0, 0.05) is 19.6 Å². The molecule has 0 aromatic rings. The number of rotatable bonds is 9. The lowest BCUT2D eigenvalue weighted by Gasteiger charge is -2.23. The molecule has 0 radical (unpaired) electrons. The average molecular weight is 264 g/mol. The van der Waals surface area contributed by atoms with Gasteiger partial charge in [0.25, 0.3) is 0 Å². The summed E-state index contributed by atoms with van der Waals surface area (Å²) in [5.74, 6) is 1.10. The van der Waals surface area contributed by atoms with Gasteiger partial charge in [-0.3, -0.25) is 0 Å². The molecule has 0 rings (SSSR count). The van der Waals surface area contributed by atoms with Crippen LogP contribution in [-0.2, 0) is 10.0 Å². The lowest BCUT2D eigenvalue weighted by Crippen LogP contribution is -2.37. The standard InChI is InChI=1S/C12H28N2O2S/c1-11(2)5-8-14(9-6-12(3)4)17(15,16)10-7-13/h11-12H,5-10,13H2,1-4H3. The van der Waals surface area contributed by atoms with Crippen molar-refractivity contribution in [1.29, 1.82) is 0 Å². The van der Waals surface area contributed by atoms with Gasteiger partial charge in [-0.25, -0.2) is 12.7 Å². The summed E-state index contributed by atoms with van der Waals surface area (Å²) in [5, 5.41) is 0. The van der Waals surface area contributed by atoms with E-state index in [1.54, 1.807) is 4.31 Å². The molecule has 104 valence electrons. The molecule has 0 spiro atoms. The maximum Gasteiger partial charge on any atom is 0.215 e. The fourth-order valence-electron chi connectivity index (χ4n) is 1.47. The first kappa shape index (κ1) is 16.9. The van der Waals surface area contributed by atoms with Gasteiger partial charge in [0.2, 0.25) is 10.0 Å². The van der Waals surface area contributed by atoms with E-state index in [2.05, 4.69) is 27.7 Å². The first-order chi connectivity index (χ1) is 7.79. The molecule has 0 fully saturated rings. The van der Waals surface area contributed by atoms with Gasteiger partial charge in [-0.05, 0) is 24.7 Å². The molecule has 0 unspecified atom stereocenters. The number of sulfonamides is 1. The lowest BCUT2D eigenvalue weighted by molar-refractivity contribution is 0.357. The van der Waals surface area contributed by atoms with Gasteiger partial charge in [0.1, 0.15) is 0 Å². The van der Waals surface area contributed by atoms with Crippen molar-refractivity contribution in [2.45, 2.75) is 40.5 Å². The summed E-state index contributed by atoms with van der Waals surface area (Å²) < 4.78 is 25.6. The minimum Gasteiger partial charge on any atom is -0.329 e. The molecule has 0 bridgehead atoms. The average Bonchev–Trinajstić information content (AvgIpc) is 2.15. The quantitative estimate of drug-likeness (QED) is 0.689. The molecular formula is C12H28N2O2S. The van der Waals surface area contributed by atoms with E-state index in [-0.39, 0.29) is 12.3 Å². The molecule has 0 amide bonds. The Hall–Kier alpha value is -0.130. The summed E-state index contributed by atoms with van der Waals surface area (Å²) in [4.78, 5) is 0. The molecule has 0 aliphatic heterocycles. The Morgan fingerprint density at radius 1 is 1.00 bits per heavy atom. The van der Waals surface area contributed by atoms with Crippen molar-refractivity contribution < 1.29 is 8.42 Å². The van der Waals surface area contributed by atoms with E-state index < -0.39 is 10.0 Å². The van der Waals surface area contributed by atoms with Crippen LogP contribution in [0.5, 0.6) is 0 Å². The van der Waals surface area contributed by atoms with Crippen molar-refractivity contribution in [2.24, 2.45) is 17.6 Å². The second kappa shape index (κ2) is 8.06. The molecule has 4 nitrogen and oxygen atoms in total. The maximum absolute atomic E-state index is 12.0. The van der Waals surface area contributed by atoms with Crippen LogP contribution in [-0.4, -0.2) is 38.1 Å². The molecule has 5 heteroatoms. The van der Waals surface area contributed by atoms with Crippen LogP contribution in [0.1, 0.15) is 40.5 Å². The van der Waals surface area contributed by atoms with Crippen molar-refractivity contribution in [3.63, 3.8) is 0 Å². The fraction of sp³-hybridized carbons (Fsp3) is 1.00. The number of hydrogen-bond donors (Lipinski definition) is 1. The first-order valence-corrected chi connectivity index (χ1v) is 8.08. The van der Waals surface area contributed by atoms with Gasteiger partial charge in [0.05, 0.1) is 5.75 Å². The molecule has 0 aromatic heterocycles. The summed E-state index contributed by atoms with van der Waals surface area (Å²) in [6.45, 7) is 9.86. The first-order valence-electron chi connectivity index (χ1n) is 6.47. The summed E-state index contributed by atoms with van der Waals surface area (Å²) in [5.41, 5.74) is 5.36. The Bertz CT molecular complexity index is 275. The predicted octanol–water partition coefficient (Wildman–Crippen LogP) is 1.67. The molecule has 0 aliphatic rings. The van der Waals surface area contributed by atoms with Crippen LogP contribution in [0.2, 0.25) is 0 Å². The van der Waals surface area contributed by atoms with Crippen molar-refractivity contribution in [2.75, 3.05) is 25.4 Å². The summed E-state index contributed by atoms with van der Waals surface area (Å²) in [7, 11) is -3.16. The Kier molecular flexibility index (Phi) is 8.00. The molecule has 0 aliphatic carbocycles. The molecule has 17 heavy (non-hydrogen) atoms. The highest BCUT2D eigenvalue weighted by Gasteiger charge is 2.21. The van der Waals surface area contributed by atoms with Crippen LogP contribution in [0.3, 0.4) is 0 Å². The van der Waals surface area contributed by atoms with E-state index in [1.807, 2.05) is 0 Å². The lowest BCUT2D eigenvalue weighted by atomic mass is 10.1. The van der Waals surface area contributed by atoms with Crippen LogP contribution in [0.15, 0.2) is 0 Å². The van der Waals surface area contributed by atoms with Gasteiger partial charge >= 0.3 is 0 Å². The molecule has 2 N–H and O–H groups in total. The van der Waals surface area contributed by atoms with Crippen LogP contribution in [0, 0.1) is 11.8 Å². The van der Waals surface area contributed by atoms with E-state index in [4.69, 9.17) is 5.73 Å². The number of hydrogen-bond acceptors (Lipinski definition) is 3. The highest BCUT2D eigenvalue weighted by atomic mass is 32.2. The van der Waals surface area contributed by atoms with E-state index in [9.17, 15) is 8.42 Å². The summed E-state index contributed by atoms with van der Waals surface area (Å²) in [6, 6.07) is 0. The highest BCUT2D eigenvalue weighted by Crippen LogP contribution is 2.10. The number of nitrogens with zero attached hydrogens (tertiary/aromatic N) is 1. The highest BCUT2D eigenvalue weighted by molar-refractivity contribution is 7.89. The fourth-order valence-corrected chi connectivity index (χ4v) is 2.80. The predicted molar refractivity (Wildman–Crippen MR) is 73.3 cm³/mol. The Morgan fingerprint density at radius 3 is 1.71 bits per heavy atom. The third-order valence-electron chi connectivity index (χ3n) is 2.68. The van der Waals surface area contributed by atoms with Crippen molar-refractivity contribution in [3.8, 4) is 0 Å². The Balaban J connectivity index is 4.49. The van der Waals surface area contributed by atoms with E-state index in [1.165, 1.54) is 0 Å². The topological polar surface area (TPSA) is 63.4 Å². The van der Waals surface area contributed by atoms with E-state index >= 15 is 0 Å². The largest absolute Gasteiger partial charge is 0.329 e. The van der Waals surface area contributed by atoms with Crippen LogP contribution in [0.25, 0.3) is 0 Å². The SMILES string of the molecule is CC(C)CCN(CCC(C)C)S(=O)(=O)CCN. The molecular weight excluding hydrogens is 236 g/mol. The third kappa shape index (κ3) is 7.73. The smallest absolute Gasteiger partial charge is 0.215 e. The Labute approximate surface area is 107 Å². The molecule has 0 saturated carbocycles. The van der Waals surface area contributed by atoms with Gasteiger partial charge < -0.3 is 5.73 Å². The Morgan fingerprint density at radius 2 is 1.41 bits per heavy atom. The maximum atomic E-state index is 12.0. The minimum atomic E-state index is -3.16. The van der Waals surface area contributed by atoms with Crippen LogP contribution in [0.4, 0.5) is 0 Å². The van der Waals surface area contributed by atoms with Gasteiger partial charge in [-0.1, -0.05) is 27.7 Å². The van der Waals surface area contributed by atoms with Gasteiger partial charge in [-0.2, -0.15) is 0 Å². The normalized spacial score (nSPS) is 12.9. The van der Waals surface area contributed by atoms with Crippen LogP contribution < -0.4 is 5.73 Å². The van der Waals surface area contributed by atoms with Crippen LogP contribution >= 0.6 is 0 Å². The zero-order chi connectivity index (χ0) is 13.5. The van der Waals surface area contributed by atoms with Gasteiger partial charge in [0.15, 0.2) is 0 Å². The second-order valence-electron chi connectivity index (χ2n) is 5.37.